The van der Waals surface area contributed by atoms with Crippen molar-refractivity contribution < 1.29 is 8.42 Å². The summed E-state index contributed by atoms with van der Waals surface area (Å²) < 4.78 is 26.1. The minimum Gasteiger partial charge on any atom is -0.385 e. The van der Waals surface area contributed by atoms with Crippen molar-refractivity contribution in [2.24, 2.45) is 5.14 Å². The number of H-pyrrole nitrogens is 1. The summed E-state index contributed by atoms with van der Waals surface area (Å²) in [6.45, 7) is 0. The molecule has 0 aliphatic rings. The van der Waals surface area contributed by atoms with Gasteiger partial charge in [0.15, 0.2) is 10.4 Å². The molecule has 0 saturated heterocycles. The van der Waals surface area contributed by atoms with Crippen LogP contribution in [0.4, 0.5) is 5.82 Å². The first-order chi connectivity index (χ1) is 13.2. The van der Waals surface area contributed by atoms with E-state index in [0.29, 0.717) is 17.2 Å². The van der Waals surface area contributed by atoms with E-state index in [4.69, 9.17) is 23.1 Å². The fourth-order valence-corrected chi connectivity index (χ4v) is 3.99. The van der Waals surface area contributed by atoms with Crippen molar-refractivity contribution in [1.29, 1.82) is 0 Å². The predicted octanol–water partition coefficient (Wildman–Crippen LogP) is 3.74. The number of nitrogens with zero attached hydrogens (tertiary/aromatic N) is 2. The first-order valence-electron chi connectivity index (χ1n) is 8.04. The molecule has 0 atom stereocenters. The molecule has 0 unspecified atom stereocenters. The Bertz CT molecular complexity index is 1360. The number of aromatic amines is 1. The zero-order chi connectivity index (χ0) is 20.1. The van der Waals surface area contributed by atoms with E-state index in [1.807, 2.05) is 35.0 Å². The van der Waals surface area contributed by atoms with E-state index in [2.05, 4.69) is 25.9 Å². The third kappa shape index (κ3) is 3.35. The van der Waals surface area contributed by atoms with Crippen LogP contribution in [-0.4, -0.2) is 23.0 Å². The zero-order valence-electron chi connectivity index (χ0n) is 14.3. The molecule has 0 amide bonds. The van der Waals surface area contributed by atoms with Gasteiger partial charge in [-0.2, -0.15) is 0 Å². The average molecular weight is 476 g/mol. The van der Waals surface area contributed by atoms with Crippen LogP contribution in [0.25, 0.3) is 27.8 Å². The minimum absolute atomic E-state index is 0.0330. The Labute approximate surface area is 174 Å². The molecule has 28 heavy (non-hydrogen) atoms. The molecule has 0 aliphatic carbocycles. The lowest BCUT2D eigenvalue weighted by atomic mass is 10.1. The van der Waals surface area contributed by atoms with Crippen LogP contribution in [0.15, 0.2) is 64.1 Å². The number of primary sulfonamides is 1. The van der Waals surface area contributed by atoms with Crippen molar-refractivity contribution in [2.75, 3.05) is 5.73 Å². The van der Waals surface area contributed by atoms with Crippen molar-refractivity contribution in [3.63, 3.8) is 0 Å². The molecule has 5 N–H and O–H groups in total. The molecular formula is C18H14BrN5O2S2. The predicted molar refractivity (Wildman–Crippen MR) is 115 cm³/mol. The van der Waals surface area contributed by atoms with E-state index in [-0.39, 0.29) is 9.67 Å². The number of nitrogens with one attached hydrogen (secondary N) is 1. The van der Waals surface area contributed by atoms with E-state index in [1.165, 1.54) is 12.1 Å². The molecule has 10 heteroatoms. The highest BCUT2D eigenvalue weighted by atomic mass is 79.9. The Hall–Kier alpha value is -2.53. The lowest BCUT2D eigenvalue weighted by Crippen LogP contribution is -2.12. The second-order valence-corrected chi connectivity index (χ2v) is 8.98. The summed E-state index contributed by atoms with van der Waals surface area (Å²) in [4.78, 5) is 7.36. The number of rotatable bonds is 3. The third-order valence-electron chi connectivity index (χ3n) is 4.30. The van der Waals surface area contributed by atoms with Gasteiger partial charge >= 0.3 is 0 Å². The van der Waals surface area contributed by atoms with Crippen LogP contribution >= 0.6 is 28.1 Å². The van der Waals surface area contributed by atoms with Crippen LogP contribution in [-0.2, 0) is 10.0 Å². The zero-order valence-corrected chi connectivity index (χ0v) is 17.5. The topological polar surface area (TPSA) is 120 Å². The van der Waals surface area contributed by atoms with Crippen LogP contribution in [0.2, 0.25) is 0 Å². The van der Waals surface area contributed by atoms with Gasteiger partial charge in [0.25, 0.3) is 0 Å². The van der Waals surface area contributed by atoms with Crippen molar-refractivity contribution in [1.82, 2.24) is 14.5 Å². The van der Waals surface area contributed by atoms with Gasteiger partial charge in [0.1, 0.15) is 5.82 Å². The average Bonchev–Trinajstić information content (AvgIpc) is 3.01. The van der Waals surface area contributed by atoms with Crippen molar-refractivity contribution in [3.05, 3.63) is 64.0 Å². The molecule has 0 fully saturated rings. The van der Waals surface area contributed by atoms with Crippen LogP contribution in [0, 0.1) is 4.77 Å². The van der Waals surface area contributed by atoms with Crippen LogP contribution in [0.1, 0.15) is 0 Å². The quantitative estimate of drug-likeness (QED) is 0.389. The lowest BCUT2D eigenvalue weighted by molar-refractivity contribution is 0.598. The SMILES string of the molecule is Nc1[nH]c(=S)nc2c1c(-c1ccc(Br)cc1)cn2-c1ccc(S(N)(=O)=O)cc1. The molecule has 2 heterocycles. The summed E-state index contributed by atoms with van der Waals surface area (Å²) in [5.41, 5.74) is 9.31. The third-order valence-corrected chi connectivity index (χ3v) is 5.95. The maximum atomic E-state index is 11.5. The Balaban J connectivity index is 1.99. The van der Waals surface area contributed by atoms with Gasteiger partial charge in [0, 0.05) is 21.9 Å². The Morgan fingerprint density at radius 2 is 1.71 bits per heavy atom. The summed E-state index contributed by atoms with van der Waals surface area (Å²) in [6, 6.07) is 14.0. The van der Waals surface area contributed by atoms with Gasteiger partial charge in [-0.3, -0.25) is 0 Å². The van der Waals surface area contributed by atoms with E-state index in [9.17, 15) is 8.42 Å². The normalized spacial score (nSPS) is 11.8. The summed E-state index contributed by atoms with van der Waals surface area (Å²) >= 11 is 8.62. The smallest absolute Gasteiger partial charge is 0.238 e. The van der Waals surface area contributed by atoms with E-state index in [0.717, 1.165) is 21.0 Å². The first-order valence-corrected chi connectivity index (χ1v) is 10.8. The van der Waals surface area contributed by atoms with Crippen molar-refractivity contribution in [2.45, 2.75) is 4.90 Å². The van der Waals surface area contributed by atoms with Crippen LogP contribution < -0.4 is 10.9 Å². The molecule has 142 valence electrons. The maximum absolute atomic E-state index is 11.5. The van der Waals surface area contributed by atoms with Gasteiger partial charge < -0.3 is 15.3 Å². The number of anilines is 1. The number of halogens is 1. The lowest BCUT2D eigenvalue weighted by Gasteiger charge is -2.06. The Kier molecular flexibility index (Phi) is 4.58. The minimum atomic E-state index is -3.77. The highest BCUT2D eigenvalue weighted by Gasteiger charge is 2.17. The summed E-state index contributed by atoms with van der Waals surface area (Å²) in [5, 5.41) is 5.91. The number of nitrogen functional groups attached to an aromatic ring is 1. The summed E-state index contributed by atoms with van der Waals surface area (Å²) in [6.07, 6.45) is 1.89. The van der Waals surface area contributed by atoms with Crippen LogP contribution in [0.5, 0.6) is 0 Å². The second kappa shape index (κ2) is 6.82. The number of nitrogens with two attached hydrogens (primary N) is 2. The molecule has 4 aromatic rings. The number of hydrogen-bond acceptors (Lipinski definition) is 5. The van der Waals surface area contributed by atoms with Crippen molar-refractivity contribution in [3.8, 4) is 16.8 Å². The molecule has 2 aromatic carbocycles. The monoisotopic (exact) mass is 475 g/mol. The molecule has 0 saturated carbocycles. The summed E-state index contributed by atoms with van der Waals surface area (Å²) in [7, 11) is -3.77. The Morgan fingerprint density at radius 3 is 2.32 bits per heavy atom. The van der Waals surface area contributed by atoms with E-state index in [1.54, 1.807) is 12.1 Å². The fraction of sp³-hybridized carbons (Fsp3) is 0. The van der Waals surface area contributed by atoms with Gasteiger partial charge in [-0.25, -0.2) is 18.5 Å². The number of benzene rings is 2. The molecule has 2 aromatic heterocycles. The molecular weight excluding hydrogens is 462 g/mol. The molecule has 0 aliphatic heterocycles. The molecule has 0 radical (unpaired) electrons. The highest BCUT2D eigenvalue weighted by Crippen LogP contribution is 2.35. The van der Waals surface area contributed by atoms with Crippen LogP contribution in [0.3, 0.4) is 0 Å². The standard InChI is InChI=1S/C18H14BrN5O2S2/c19-11-3-1-10(2-4-11)14-9-24(17-15(14)16(20)22-18(27)23-17)12-5-7-13(8-6-12)28(21,25)26/h1-9H,(H2,21,25,26)(H3,20,22,23,27). The number of hydrogen-bond donors (Lipinski definition) is 3. The first kappa shape index (κ1) is 18.8. The largest absolute Gasteiger partial charge is 0.385 e. The number of sulfonamides is 1. The number of fused-ring (bicyclic) bond motifs is 1. The van der Waals surface area contributed by atoms with Gasteiger partial charge in [0.05, 0.1) is 10.3 Å². The highest BCUT2D eigenvalue weighted by molar-refractivity contribution is 9.10. The van der Waals surface area contributed by atoms with Gasteiger partial charge in [-0.15, -0.1) is 0 Å². The van der Waals surface area contributed by atoms with E-state index >= 15 is 0 Å². The molecule has 4 rings (SSSR count). The Morgan fingerprint density at radius 1 is 1.07 bits per heavy atom. The van der Waals surface area contributed by atoms with Gasteiger partial charge in [-0.05, 0) is 54.2 Å². The second-order valence-electron chi connectivity index (χ2n) is 6.11. The molecule has 0 spiro atoms. The molecule has 7 nitrogen and oxygen atoms in total. The van der Waals surface area contributed by atoms with Gasteiger partial charge in [-0.1, -0.05) is 28.1 Å². The van der Waals surface area contributed by atoms with Gasteiger partial charge in [0.2, 0.25) is 10.0 Å². The summed E-state index contributed by atoms with van der Waals surface area (Å²) in [5.74, 6) is 0.410. The van der Waals surface area contributed by atoms with E-state index < -0.39 is 10.0 Å². The molecule has 0 bridgehead atoms. The maximum Gasteiger partial charge on any atom is 0.238 e. The fourth-order valence-electron chi connectivity index (χ4n) is 3.01. The number of aromatic nitrogens is 3. The van der Waals surface area contributed by atoms with Crippen molar-refractivity contribution >= 4 is 55.0 Å².